The lowest BCUT2D eigenvalue weighted by atomic mass is 10.0. The van der Waals surface area contributed by atoms with Crippen molar-refractivity contribution in [1.29, 1.82) is 0 Å². The molecule has 0 saturated heterocycles. The van der Waals surface area contributed by atoms with E-state index in [0.717, 1.165) is 11.1 Å². The molecular weight excluding hydrogens is 334 g/mol. The first kappa shape index (κ1) is 19.3. The highest BCUT2D eigenvalue weighted by atomic mass is 16.6. The van der Waals surface area contributed by atoms with Crippen LogP contribution in [0.15, 0.2) is 48.5 Å². The summed E-state index contributed by atoms with van der Waals surface area (Å²) in [6.07, 6.45) is 0.172. The zero-order valence-electron chi connectivity index (χ0n) is 15.1. The van der Waals surface area contributed by atoms with Crippen LogP contribution >= 0.6 is 0 Å². The van der Waals surface area contributed by atoms with Gasteiger partial charge in [-0.05, 0) is 62.6 Å². The van der Waals surface area contributed by atoms with Crippen LogP contribution in [-0.2, 0) is 16.0 Å². The molecule has 2 aromatic rings. The molecule has 0 unspecified atom stereocenters. The van der Waals surface area contributed by atoms with Crippen LogP contribution in [0.4, 0.5) is 10.5 Å². The van der Waals surface area contributed by atoms with Crippen LogP contribution in [0.25, 0.3) is 0 Å². The van der Waals surface area contributed by atoms with E-state index in [1.807, 2.05) is 63.2 Å². The summed E-state index contributed by atoms with van der Waals surface area (Å²) in [5, 5.41) is 11.4. The van der Waals surface area contributed by atoms with Crippen molar-refractivity contribution in [2.24, 2.45) is 0 Å². The summed E-state index contributed by atoms with van der Waals surface area (Å²) in [7, 11) is 0. The first-order chi connectivity index (χ1) is 12.2. The summed E-state index contributed by atoms with van der Waals surface area (Å²) in [5.41, 5.74) is 2.16. The molecule has 0 atom stereocenters. The average Bonchev–Trinajstić information content (AvgIpc) is 2.53. The number of carbonyl (C=O) groups excluding carboxylic acids is 1. The van der Waals surface area contributed by atoms with Gasteiger partial charge < -0.3 is 14.6 Å². The summed E-state index contributed by atoms with van der Waals surface area (Å²) < 4.78 is 10.4. The normalized spacial score (nSPS) is 10.9. The van der Waals surface area contributed by atoms with Gasteiger partial charge in [-0.25, -0.2) is 9.59 Å². The minimum atomic E-state index is -1.01. The van der Waals surface area contributed by atoms with E-state index in [9.17, 15) is 9.59 Å². The summed E-state index contributed by atoms with van der Waals surface area (Å²) in [4.78, 5) is 22.3. The molecule has 0 aromatic heterocycles. The number of ether oxygens (including phenoxy) is 2. The molecule has 0 heterocycles. The molecular formula is C20H23NO5. The number of amides is 1. The van der Waals surface area contributed by atoms with E-state index >= 15 is 0 Å². The monoisotopic (exact) mass is 357 g/mol. The van der Waals surface area contributed by atoms with Crippen LogP contribution in [-0.4, -0.2) is 29.4 Å². The predicted molar refractivity (Wildman–Crippen MR) is 98.7 cm³/mol. The van der Waals surface area contributed by atoms with Gasteiger partial charge in [0.25, 0.3) is 0 Å². The molecule has 2 N–H and O–H groups in total. The van der Waals surface area contributed by atoms with E-state index in [2.05, 4.69) is 5.32 Å². The van der Waals surface area contributed by atoms with Gasteiger partial charge in [0, 0.05) is 5.69 Å². The quantitative estimate of drug-likeness (QED) is 0.813. The maximum absolute atomic E-state index is 11.8. The maximum atomic E-state index is 11.8. The topological polar surface area (TPSA) is 84.9 Å². The van der Waals surface area contributed by atoms with Crippen LogP contribution in [0.1, 0.15) is 31.9 Å². The molecule has 0 fully saturated rings. The lowest BCUT2D eigenvalue weighted by Gasteiger charge is -2.19. The Labute approximate surface area is 152 Å². The zero-order chi connectivity index (χ0) is 19.2. The molecule has 2 aromatic carbocycles. The Morgan fingerprint density at radius 2 is 1.73 bits per heavy atom. The van der Waals surface area contributed by atoms with Crippen LogP contribution in [0.3, 0.4) is 0 Å². The number of carboxylic acid groups (broad SMARTS) is 1. The molecule has 0 aliphatic heterocycles. The fourth-order valence-electron chi connectivity index (χ4n) is 2.25. The largest absolute Gasteiger partial charge is 0.482 e. The summed E-state index contributed by atoms with van der Waals surface area (Å²) >= 11 is 0. The Hall–Kier alpha value is -3.02. The molecule has 6 nitrogen and oxygen atoms in total. The number of aliphatic carboxylic acids is 1. The Balaban J connectivity index is 1.95. The highest BCUT2D eigenvalue weighted by molar-refractivity contribution is 5.84. The van der Waals surface area contributed by atoms with Gasteiger partial charge in [0.05, 0.1) is 0 Å². The Morgan fingerprint density at radius 3 is 2.35 bits per heavy atom. The second-order valence-electron chi connectivity index (χ2n) is 6.83. The van der Waals surface area contributed by atoms with E-state index in [1.165, 1.54) is 0 Å². The van der Waals surface area contributed by atoms with Gasteiger partial charge in [-0.1, -0.05) is 24.3 Å². The minimum absolute atomic E-state index is 0.367. The standard InChI is InChI=1S/C20H23NO5/c1-20(2,3)26-19(24)21-16-9-7-14(8-10-16)11-15-5-4-6-17(12-15)25-13-18(22)23/h4-10,12H,11,13H2,1-3H3,(H,21,24)(H,22,23). The first-order valence-electron chi connectivity index (χ1n) is 8.24. The lowest BCUT2D eigenvalue weighted by Crippen LogP contribution is -2.27. The maximum Gasteiger partial charge on any atom is 0.412 e. The number of benzene rings is 2. The van der Waals surface area contributed by atoms with Crippen molar-refractivity contribution in [3.05, 3.63) is 59.7 Å². The van der Waals surface area contributed by atoms with Crippen LogP contribution < -0.4 is 10.1 Å². The molecule has 0 radical (unpaired) electrons. The third-order valence-corrected chi connectivity index (χ3v) is 3.27. The SMILES string of the molecule is CC(C)(C)OC(=O)Nc1ccc(Cc2cccc(OCC(=O)O)c2)cc1. The van der Waals surface area contributed by atoms with E-state index in [-0.39, 0.29) is 6.61 Å². The second-order valence-corrected chi connectivity index (χ2v) is 6.83. The fourth-order valence-corrected chi connectivity index (χ4v) is 2.25. The Morgan fingerprint density at radius 1 is 1.04 bits per heavy atom. The third-order valence-electron chi connectivity index (χ3n) is 3.27. The molecule has 1 amide bonds. The van der Waals surface area contributed by atoms with Gasteiger partial charge in [-0.2, -0.15) is 0 Å². The molecule has 0 aliphatic carbocycles. The smallest absolute Gasteiger partial charge is 0.412 e. The van der Waals surface area contributed by atoms with Gasteiger partial charge in [0.1, 0.15) is 11.4 Å². The minimum Gasteiger partial charge on any atom is -0.482 e. The van der Waals surface area contributed by atoms with Gasteiger partial charge >= 0.3 is 12.1 Å². The van der Waals surface area contributed by atoms with Gasteiger partial charge in [0.2, 0.25) is 0 Å². The number of hydrogen-bond donors (Lipinski definition) is 2. The van der Waals surface area contributed by atoms with E-state index in [0.29, 0.717) is 17.9 Å². The fraction of sp³-hybridized carbons (Fsp3) is 0.300. The Kier molecular flexibility index (Phi) is 6.22. The van der Waals surface area contributed by atoms with Crippen molar-refractivity contribution < 1.29 is 24.2 Å². The predicted octanol–water partition coefficient (Wildman–Crippen LogP) is 4.09. The molecule has 0 saturated carbocycles. The average molecular weight is 357 g/mol. The third kappa shape index (κ3) is 6.84. The van der Waals surface area contributed by atoms with Gasteiger partial charge in [-0.15, -0.1) is 0 Å². The van der Waals surface area contributed by atoms with Crippen molar-refractivity contribution >= 4 is 17.7 Å². The number of hydrogen-bond acceptors (Lipinski definition) is 4. The molecule has 138 valence electrons. The van der Waals surface area contributed by atoms with Crippen LogP contribution in [0, 0.1) is 0 Å². The zero-order valence-corrected chi connectivity index (χ0v) is 15.1. The lowest BCUT2D eigenvalue weighted by molar-refractivity contribution is -0.139. The van der Waals surface area contributed by atoms with Gasteiger partial charge in [0.15, 0.2) is 6.61 Å². The van der Waals surface area contributed by atoms with Crippen molar-refractivity contribution in [2.45, 2.75) is 32.8 Å². The highest BCUT2D eigenvalue weighted by Crippen LogP contribution is 2.18. The number of carboxylic acids is 1. The van der Waals surface area contributed by atoms with Crippen molar-refractivity contribution in [3.63, 3.8) is 0 Å². The summed E-state index contributed by atoms with van der Waals surface area (Å²) in [6, 6.07) is 14.8. The number of rotatable bonds is 6. The van der Waals surface area contributed by atoms with Gasteiger partial charge in [-0.3, -0.25) is 5.32 Å². The Bertz CT molecular complexity index is 763. The molecule has 0 bridgehead atoms. The first-order valence-corrected chi connectivity index (χ1v) is 8.24. The van der Waals surface area contributed by atoms with Crippen LogP contribution in [0.5, 0.6) is 5.75 Å². The van der Waals surface area contributed by atoms with Crippen molar-refractivity contribution in [3.8, 4) is 5.75 Å². The highest BCUT2D eigenvalue weighted by Gasteiger charge is 2.16. The number of carbonyl (C=O) groups is 2. The van der Waals surface area contributed by atoms with Crippen molar-refractivity contribution in [2.75, 3.05) is 11.9 Å². The number of anilines is 1. The van der Waals surface area contributed by atoms with E-state index in [4.69, 9.17) is 14.6 Å². The molecule has 2 rings (SSSR count). The molecule has 26 heavy (non-hydrogen) atoms. The second kappa shape index (κ2) is 8.38. The molecule has 0 aliphatic rings. The van der Waals surface area contributed by atoms with Crippen molar-refractivity contribution in [1.82, 2.24) is 0 Å². The summed E-state index contributed by atoms with van der Waals surface area (Å²) in [6.45, 7) is 5.06. The van der Waals surface area contributed by atoms with E-state index < -0.39 is 17.7 Å². The molecule has 6 heteroatoms. The summed E-state index contributed by atoms with van der Waals surface area (Å²) in [5.74, 6) is -0.489. The van der Waals surface area contributed by atoms with E-state index in [1.54, 1.807) is 6.07 Å². The number of nitrogens with one attached hydrogen (secondary N) is 1. The molecule has 0 spiro atoms. The van der Waals surface area contributed by atoms with Crippen LogP contribution in [0.2, 0.25) is 0 Å².